The van der Waals surface area contributed by atoms with Crippen LogP contribution in [0, 0.1) is 20.2 Å². The maximum atomic E-state index is 11.7. The number of hydrazone groups is 1. The predicted molar refractivity (Wildman–Crippen MR) is 79.6 cm³/mol. The molecule has 2 aromatic rings. The molecule has 0 amide bonds. The van der Waals surface area contributed by atoms with Gasteiger partial charge in [-0.25, -0.2) is 0 Å². The largest absolute Gasteiger partial charge is 0.301 e. The molecule has 0 unspecified atom stereocenters. The lowest BCUT2D eigenvalue weighted by Gasteiger charge is -2.03. The van der Waals surface area contributed by atoms with E-state index >= 15 is 0 Å². The highest BCUT2D eigenvalue weighted by Crippen LogP contribution is 2.29. The van der Waals surface area contributed by atoms with Crippen molar-refractivity contribution >= 4 is 28.7 Å². The topological polar surface area (TPSA) is 133 Å². The zero-order valence-corrected chi connectivity index (χ0v) is 11.5. The number of nitrogens with zero attached hydrogens (tertiary/aromatic N) is 4. The van der Waals surface area contributed by atoms with Gasteiger partial charge in [-0.3, -0.25) is 35.0 Å². The molecular formula is C13H9N5O5. The maximum Gasteiger partial charge on any atom is 0.301 e. The molecule has 0 aliphatic carbocycles. The van der Waals surface area contributed by atoms with Crippen molar-refractivity contribution in [1.29, 1.82) is 0 Å². The Morgan fingerprint density at radius 3 is 2.65 bits per heavy atom. The van der Waals surface area contributed by atoms with Gasteiger partial charge >= 0.3 is 5.69 Å². The predicted octanol–water partition coefficient (Wildman–Crippen LogP) is 2.16. The number of fused-ring (bicyclic) bond motifs is 1. The van der Waals surface area contributed by atoms with Gasteiger partial charge in [0.25, 0.3) is 5.69 Å². The second-order valence-corrected chi connectivity index (χ2v) is 4.72. The van der Waals surface area contributed by atoms with Gasteiger partial charge in [-0.1, -0.05) is 0 Å². The minimum Gasteiger partial charge on any atom is -0.286 e. The first-order valence-electron chi connectivity index (χ1n) is 6.43. The van der Waals surface area contributed by atoms with E-state index in [0.717, 1.165) is 12.1 Å². The van der Waals surface area contributed by atoms with Gasteiger partial charge in [-0.15, -0.1) is 0 Å². The number of non-ortho nitro benzene ring substituents is 1. The van der Waals surface area contributed by atoms with Crippen LogP contribution in [0.15, 0.2) is 41.6 Å². The number of nitro groups is 2. The summed E-state index contributed by atoms with van der Waals surface area (Å²) in [4.78, 5) is 32.0. The smallest absolute Gasteiger partial charge is 0.286 e. The van der Waals surface area contributed by atoms with Crippen molar-refractivity contribution in [1.82, 2.24) is 4.57 Å². The van der Waals surface area contributed by atoms with Crippen molar-refractivity contribution in [2.45, 2.75) is 6.42 Å². The Morgan fingerprint density at radius 1 is 1.17 bits per heavy atom. The third-order valence-electron chi connectivity index (χ3n) is 3.33. The molecule has 0 spiro atoms. The lowest BCUT2D eigenvalue weighted by Crippen LogP contribution is -2.03. The number of nitrogens with one attached hydrogen (secondary N) is 1. The Bertz CT molecular complexity index is 869. The molecule has 1 N–H and O–H groups in total. The molecule has 0 fully saturated rings. The summed E-state index contributed by atoms with van der Waals surface area (Å²) in [6.07, 6.45) is 1.68. The molecule has 0 saturated carbocycles. The van der Waals surface area contributed by atoms with Gasteiger partial charge in [0.2, 0.25) is 5.91 Å². The molecule has 0 atom stereocenters. The van der Waals surface area contributed by atoms with Gasteiger partial charge < -0.3 is 0 Å². The van der Waals surface area contributed by atoms with Crippen LogP contribution in [0.5, 0.6) is 0 Å². The average molecular weight is 315 g/mol. The second-order valence-electron chi connectivity index (χ2n) is 4.72. The minimum absolute atomic E-state index is 0.00514. The van der Waals surface area contributed by atoms with Gasteiger partial charge in [-0.05, 0) is 18.2 Å². The Labute approximate surface area is 128 Å². The number of anilines is 1. The van der Waals surface area contributed by atoms with Crippen molar-refractivity contribution < 1.29 is 14.6 Å². The van der Waals surface area contributed by atoms with Crippen LogP contribution in [0.2, 0.25) is 0 Å². The van der Waals surface area contributed by atoms with E-state index in [4.69, 9.17) is 0 Å². The number of rotatable bonds is 4. The van der Waals surface area contributed by atoms with Gasteiger partial charge in [0, 0.05) is 12.3 Å². The summed E-state index contributed by atoms with van der Waals surface area (Å²) in [7, 11) is 0. The number of carbonyl (C=O) groups excluding carboxylic acids is 1. The second kappa shape index (κ2) is 5.33. The monoisotopic (exact) mass is 315 g/mol. The lowest BCUT2D eigenvalue weighted by atomic mass is 10.2. The zero-order chi connectivity index (χ0) is 16.6. The van der Waals surface area contributed by atoms with Crippen LogP contribution in [0.25, 0.3) is 0 Å². The fraction of sp³-hybridized carbons (Fsp3) is 0.0769. The normalized spacial score (nSPS) is 14.8. The van der Waals surface area contributed by atoms with Crippen molar-refractivity contribution in [2.24, 2.45) is 5.10 Å². The third kappa shape index (κ3) is 2.52. The molecule has 10 heteroatoms. The molecule has 1 aliphatic heterocycles. The van der Waals surface area contributed by atoms with Crippen LogP contribution >= 0.6 is 0 Å². The molecule has 116 valence electrons. The third-order valence-corrected chi connectivity index (χ3v) is 3.33. The van der Waals surface area contributed by atoms with Gasteiger partial charge in [-0.2, -0.15) is 5.10 Å². The molecule has 23 heavy (non-hydrogen) atoms. The number of hydrogen-bond acceptors (Lipinski definition) is 7. The Morgan fingerprint density at radius 2 is 1.96 bits per heavy atom. The van der Waals surface area contributed by atoms with Gasteiger partial charge in [0.05, 0.1) is 33.7 Å². The lowest BCUT2D eigenvalue weighted by molar-refractivity contribution is -0.393. The molecule has 1 aromatic heterocycles. The van der Waals surface area contributed by atoms with E-state index < -0.39 is 15.5 Å². The quantitative estimate of drug-likeness (QED) is 0.679. The van der Waals surface area contributed by atoms with Crippen molar-refractivity contribution in [3.05, 3.63) is 62.5 Å². The zero-order valence-electron chi connectivity index (χ0n) is 11.5. The number of carbonyl (C=O) groups is 1. The van der Waals surface area contributed by atoms with E-state index in [1.165, 1.54) is 10.6 Å². The van der Waals surface area contributed by atoms with Crippen molar-refractivity contribution in [2.75, 3.05) is 5.43 Å². The minimum atomic E-state index is -0.738. The number of aromatic nitrogens is 1. The Balaban J connectivity index is 1.92. The van der Waals surface area contributed by atoms with Crippen LogP contribution < -0.4 is 5.43 Å². The summed E-state index contributed by atoms with van der Waals surface area (Å²) >= 11 is 0. The molecule has 0 radical (unpaired) electrons. The SMILES string of the molecule is O=C1C/C(=N/Nc2ccc([N+](=O)[O-])cc2[N+](=O)[O-])c2cccn21. The molecule has 3 rings (SSSR count). The highest BCUT2D eigenvalue weighted by molar-refractivity contribution is 6.17. The van der Waals surface area contributed by atoms with Crippen LogP contribution in [0.4, 0.5) is 17.1 Å². The maximum absolute atomic E-state index is 11.7. The first kappa shape index (κ1) is 14.4. The molecular weight excluding hydrogens is 306 g/mol. The van der Waals surface area contributed by atoms with E-state index in [2.05, 4.69) is 10.5 Å². The molecule has 1 aliphatic rings. The highest BCUT2D eigenvalue weighted by atomic mass is 16.6. The van der Waals surface area contributed by atoms with E-state index in [1.807, 2.05) is 0 Å². The number of hydrogen-bond donors (Lipinski definition) is 1. The fourth-order valence-electron chi connectivity index (χ4n) is 2.26. The first-order valence-corrected chi connectivity index (χ1v) is 6.43. The summed E-state index contributed by atoms with van der Waals surface area (Å²) < 4.78 is 1.44. The van der Waals surface area contributed by atoms with Crippen LogP contribution in [0.3, 0.4) is 0 Å². The van der Waals surface area contributed by atoms with Crippen molar-refractivity contribution in [3.8, 4) is 0 Å². The summed E-state index contributed by atoms with van der Waals surface area (Å²) in [5, 5.41) is 25.8. The Kier molecular flexibility index (Phi) is 3.33. The molecule has 0 saturated heterocycles. The molecule has 2 heterocycles. The van der Waals surface area contributed by atoms with Crippen molar-refractivity contribution in [3.63, 3.8) is 0 Å². The highest BCUT2D eigenvalue weighted by Gasteiger charge is 2.25. The summed E-state index contributed by atoms with van der Waals surface area (Å²) in [6, 6.07) is 6.59. The summed E-state index contributed by atoms with van der Waals surface area (Å²) in [5.74, 6) is -0.149. The standard InChI is InChI=1S/C13H9N5O5/c19-13-7-10(11-2-1-5-16(11)13)15-14-9-4-3-8(17(20)21)6-12(9)18(22)23/h1-6,14H,7H2/b15-10-. The van der Waals surface area contributed by atoms with Gasteiger partial charge in [0.15, 0.2) is 0 Å². The van der Waals surface area contributed by atoms with E-state index in [0.29, 0.717) is 11.4 Å². The first-order chi connectivity index (χ1) is 11.0. The molecule has 1 aromatic carbocycles. The van der Waals surface area contributed by atoms with Crippen LogP contribution in [0.1, 0.15) is 16.9 Å². The fourth-order valence-corrected chi connectivity index (χ4v) is 2.26. The van der Waals surface area contributed by atoms with E-state index in [1.54, 1.807) is 18.3 Å². The molecule has 10 nitrogen and oxygen atoms in total. The number of nitro benzene ring substituents is 2. The van der Waals surface area contributed by atoms with Crippen LogP contribution in [-0.2, 0) is 0 Å². The van der Waals surface area contributed by atoms with Crippen LogP contribution in [-0.4, -0.2) is 26.0 Å². The van der Waals surface area contributed by atoms with Gasteiger partial charge in [0.1, 0.15) is 5.69 Å². The van der Waals surface area contributed by atoms with E-state index in [-0.39, 0.29) is 23.7 Å². The average Bonchev–Trinajstić information content (AvgIpc) is 3.09. The van der Waals surface area contributed by atoms with E-state index in [9.17, 15) is 25.0 Å². The Hall–Kier alpha value is -3.56. The number of benzene rings is 1. The summed E-state index contributed by atoms with van der Waals surface area (Å²) in [6.45, 7) is 0. The molecule has 0 bridgehead atoms. The summed E-state index contributed by atoms with van der Waals surface area (Å²) in [5.41, 5.74) is 2.70.